The molecule has 0 aliphatic heterocycles. The Morgan fingerprint density at radius 2 is 1.94 bits per heavy atom. The van der Waals surface area contributed by atoms with Crippen LogP contribution in [-0.2, 0) is 0 Å². The normalized spacial score (nSPS) is 14.7. The highest BCUT2D eigenvalue weighted by Crippen LogP contribution is 2.21. The zero-order valence-corrected chi connectivity index (χ0v) is 11.5. The molecule has 0 saturated carbocycles. The fourth-order valence-corrected chi connectivity index (χ4v) is 2.30. The van der Waals surface area contributed by atoms with E-state index in [9.17, 15) is 5.11 Å². The summed E-state index contributed by atoms with van der Waals surface area (Å²) in [6, 6.07) is 2.40. The standard InChI is InChI=1S/C14H24N2O/c1-9-8-10(2)16-13(5)14(9)12(4)15-7-6-11(3)17/h8,11-12,15,17H,6-7H2,1-5H3. The van der Waals surface area contributed by atoms with Crippen LogP contribution in [0.2, 0.25) is 0 Å². The third-order valence-corrected chi connectivity index (χ3v) is 3.03. The predicted molar refractivity (Wildman–Crippen MR) is 71.2 cm³/mol. The molecule has 2 N–H and O–H groups in total. The molecule has 1 aromatic rings. The Kier molecular flexibility index (Phi) is 5.09. The third kappa shape index (κ3) is 4.10. The van der Waals surface area contributed by atoms with E-state index in [-0.39, 0.29) is 12.1 Å². The van der Waals surface area contributed by atoms with Crippen molar-refractivity contribution < 1.29 is 5.11 Å². The van der Waals surface area contributed by atoms with Gasteiger partial charge in [-0.15, -0.1) is 0 Å². The summed E-state index contributed by atoms with van der Waals surface area (Å²) in [5, 5.41) is 12.7. The largest absolute Gasteiger partial charge is 0.393 e. The smallest absolute Gasteiger partial charge is 0.0524 e. The van der Waals surface area contributed by atoms with Gasteiger partial charge < -0.3 is 10.4 Å². The molecule has 0 spiro atoms. The van der Waals surface area contributed by atoms with E-state index in [1.165, 1.54) is 11.1 Å². The van der Waals surface area contributed by atoms with E-state index in [1.54, 1.807) is 0 Å². The Labute approximate surface area is 104 Å². The summed E-state index contributed by atoms with van der Waals surface area (Å²) in [7, 11) is 0. The minimum Gasteiger partial charge on any atom is -0.393 e. The molecule has 0 radical (unpaired) electrons. The molecule has 0 aromatic carbocycles. The van der Waals surface area contributed by atoms with E-state index in [4.69, 9.17) is 0 Å². The van der Waals surface area contributed by atoms with Gasteiger partial charge in [0.05, 0.1) is 6.10 Å². The van der Waals surface area contributed by atoms with Gasteiger partial charge in [-0.1, -0.05) is 0 Å². The lowest BCUT2D eigenvalue weighted by Crippen LogP contribution is -2.24. The van der Waals surface area contributed by atoms with Gasteiger partial charge in [-0.2, -0.15) is 0 Å². The quantitative estimate of drug-likeness (QED) is 0.825. The van der Waals surface area contributed by atoms with Crippen LogP contribution in [0.15, 0.2) is 6.07 Å². The first kappa shape index (κ1) is 14.1. The van der Waals surface area contributed by atoms with Gasteiger partial charge in [-0.3, -0.25) is 4.98 Å². The SMILES string of the molecule is Cc1cc(C)c(C(C)NCCC(C)O)c(C)n1. The number of hydrogen-bond acceptors (Lipinski definition) is 3. The van der Waals surface area contributed by atoms with Gasteiger partial charge >= 0.3 is 0 Å². The zero-order chi connectivity index (χ0) is 13.0. The number of hydrogen-bond donors (Lipinski definition) is 2. The van der Waals surface area contributed by atoms with Crippen molar-refractivity contribution in [2.75, 3.05) is 6.54 Å². The summed E-state index contributed by atoms with van der Waals surface area (Å²) in [4.78, 5) is 4.51. The molecule has 0 aliphatic carbocycles. The number of rotatable bonds is 5. The van der Waals surface area contributed by atoms with E-state index in [0.29, 0.717) is 0 Å². The number of aliphatic hydroxyl groups excluding tert-OH is 1. The highest BCUT2D eigenvalue weighted by atomic mass is 16.3. The summed E-state index contributed by atoms with van der Waals surface area (Å²) >= 11 is 0. The van der Waals surface area contributed by atoms with Crippen LogP contribution in [0, 0.1) is 20.8 Å². The van der Waals surface area contributed by atoms with Crippen LogP contribution < -0.4 is 5.32 Å². The maximum absolute atomic E-state index is 9.23. The molecular weight excluding hydrogens is 212 g/mol. The third-order valence-electron chi connectivity index (χ3n) is 3.03. The zero-order valence-electron chi connectivity index (χ0n) is 11.5. The second-order valence-corrected chi connectivity index (χ2v) is 4.89. The van der Waals surface area contributed by atoms with Gasteiger partial charge in [-0.05, 0) is 64.8 Å². The van der Waals surface area contributed by atoms with E-state index in [2.05, 4.69) is 37.1 Å². The van der Waals surface area contributed by atoms with E-state index >= 15 is 0 Å². The summed E-state index contributed by atoms with van der Waals surface area (Å²) in [5.74, 6) is 0. The summed E-state index contributed by atoms with van der Waals surface area (Å²) in [6.07, 6.45) is 0.537. The molecule has 0 bridgehead atoms. The molecule has 2 atom stereocenters. The van der Waals surface area contributed by atoms with Gasteiger partial charge in [0.1, 0.15) is 0 Å². The average molecular weight is 236 g/mol. The molecule has 0 amide bonds. The highest BCUT2D eigenvalue weighted by Gasteiger charge is 2.12. The van der Waals surface area contributed by atoms with Crippen molar-refractivity contribution in [3.63, 3.8) is 0 Å². The Hall–Kier alpha value is -0.930. The van der Waals surface area contributed by atoms with Crippen LogP contribution in [0.5, 0.6) is 0 Å². The van der Waals surface area contributed by atoms with Crippen molar-refractivity contribution >= 4 is 0 Å². The van der Waals surface area contributed by atoms with Gasteiger partial charge in [0.25, 0.3) is 0 Å². The van der Waals surface area contributed by atoms with E-state index < -0.39 is 0 Å². The molecule has 96 valence electrons. The van der Waals surface area contributed by atoms with Crippen LogP contribution in [0.25, 0.3) is 0 Å². The average Bonchev–Trinajstić information content (AvgIpc) is 2.14. The van der Waals surface area contributed by atoms with Gasteiger partial charge in [0, 0.05) is 17.4 Å². The molecule has 0 fully saturated rings. The molecule has 0 saturated heterocycles. The maximum Gasteiger partial charge on any atom is 0.0524 e. The highest BCUT2D eigenvalue weighted by molar-refractivity contribution is 5.33. The second kappa shape index (κ2) is 6.12. The minimum atomic E-state index is -0.243. The van der Waals surface area contributed by atoms with Crippen molar-refractivity contribution in [3.05, 3.63) is 28.6 Å². The maximum atomic E-state index is 9.23. The molecule has 0 aliphatic rings. The van der Waals surface area contributed by atoms with Crippen molar-refractivity contribution in [2.45, 2.75) is 53.2 Å². The Bertz CT molecular complexity index is 351. The van der Waals surface area contributed by atoms with Crippen LogP contribution in [0.3, 0.4) is 0 Å². The van der Waals surface area contributed by atoms with Gasteiger partial charge in [-0.25, -0.2) is 0 Å². The number of nitrogens with one attached hydrogen (secondary N) is 1. The van der Waals surface area contributed by atoms with E-state index in [0.717, 1.165) is 24.4 Å². The van der Waals surface area contributed by atoms with Gasteiger partial charge in [0.2, 0.25) is 0 Å². The molecule has 1 aromatic heterocycles. The minimum absolute atomic E-state index is 0.243. The first-order chi connectivity index (χ1) is 7.91. The monoisotopic (exact) mass is 236 g/mol. The Morgan fingerprint density at radius 3 is 2.47 bits per heavy atom. The van der Waals surface area contributed by atoms with Crippen molar-refractivity contribution in [1.29, 1.82) is 0 Å². The van der Waals surface area contributed by atoms with Crippen LogP contribution in [-0.4, -0.2) is 22.7 Å². The van der Waals surface area contributed by atoms with E-state index in [1.807, 2.05) is 13.8 Å². The number of aliphatic hydroxyl groups is 1. The summed E-state index contributed by atoms with van der Waals surface area (Å²) in [6.45, 7) is 11.0. The topological polar surface area (TPSA) is 45.1 Å². The fourth-order valence-electron chi connectivity index (χ4n) is 2.30. The van der Waals surface area contributed by atoms with Crippen molar-refractivity contribution in [2.24, 2.45) is 0 Å². The Balaban J connectivity index is 2.72. The number of nitrogens with zero attached hydrogens (tertiary/aromatic N) is 1. The van der Waals surface area contributed by atoms with Crippen LogP contribution in [0.4, 0.5) is 0 Å². The number of aromatic nitrogens is 1. The first-order valence-electron chi connectivity index (χ1n) is 6.28. The lowest BCUT2D eigenvalue weighted by molar-refractivity contribution is 0.182. The van der Waals surface area contributed by atoms with Crippen molar-refractivity contribution in [1.82, 2.24) is 10.3 Å². The predicted octanol–water partition coefficient (Wildman–Crippen LogP) is 2.43. The lowest BCUT2D eigenvalue weighted by atomic mass is 10.0. The lowest BCUT2D eigenvalue weighted by Gasteiger charge is -2.19. The fraction of sp³-hybridized carbons (Fsp3) is 0.643. The summed E-state index contributed by atoms with van der Waals surface area (Å²) < 4.78 is 0. The first-order valence-corrected chi connectivity index (χ1v) is 6.28. The second-order valence-electron chi connectivity index (χ2n) is 4.89. The van der Waals surface area contributed by atoms with Crippen LogP contribution >= 0.6 is 0 Å². The molecule has 1 rings (SSSR count). The molecule has 3 heteroatoms. The Morgan fingerprint density at radius 1 is 1.29 bits per heavy atom. The molecule has 1 heterocycles. The van der Waals surface area contributed by atoms with Crippen molar-refractivity contribution in [3.8, 4) is 0 Å². The van der Waals surface area contributed by atoms with Gasteiger partial charge in [0.15, 0.2) is 0 Å². The number of aryl methyl sites for hydroxylation is 3. The molecule has 17 heavy (non-hydrogen) atoms. The number of pyridine rings is 1. The molecular formula is C14H24N2O. The summed E-state index contributed by atoms with van der Waals surface area (Å²) in [5.41, 5.74) is 4.73. The molecule has 3 nitrogen and oxygen atoms in total. The molecule has 2 unspecified atom stereocenters. The van der Waals surface area contributed by atoms with Crippen LogP contribution in [0.1, 0.15) is 48.8 Å².